The van der Waals surface area contributed by atoms with E-state index in [1.165, 1.54) is 11.1 Å². The van der Waals surface area contributed by atoms with E-state index < -0.39 is 19.6 Å². The number of esters is 1. The van der Waals surface area contributed by atoms with Gasteiger partial charge in [-0.05, 0) is 53.3 Å². The third kappa shape index (κ3) is 4.94. The fraction of sp³-hybridized carbons (Fsp3) is 0.344. The Morgan fingerprint density at radius 3 is 2.69 bits per heavy atom. The van der Waals surface area contributed by atoms with Crippen molar-refractivity contribution in [3.63, 3.8) is 0 Å². The molecule has 0 saturated heterocycles. The summed E-state index contributed by atoms with van der Waals surface area (Å²) in [5.74, 6) is -0.0598. The van der Waals surface area contributed by atoms with Gasteiger partial charge in [-0.1, -0.05) is 62.5 Å². The molecule has 0 aromatic heterocycles. The van der Waals surface area contributed by atoms with Crippen molar-refractivity contribution in [3.05, 3.63) is 93.6 Å². The number of Topliss-reactive ketones (excluding diaryl/α,β-unsaturated/α-hetero) is 1. The van der Waals surface area contributed by atoms with E-state index in [0.29, 0.717) is 41.7 Å². The molecule has 0 fully saturated rings. The summed E-state index contributed by atoms with van der Waals surface area (Å²) in [6, 6.07) is 16.5. The number of allylic oxidation sites excluding steroid dienone is 2. The molecule has 218 valence electrons. The Morgan fingerprint density at radius 1 is 1.14 bits per heavy atom. The molecule has 2 aromatic carbocycles. The number of fused-ring (bicyclic) bond motifs is 3. The molecule has 3 heterocycles. The first kappa shape index (κ1) is 28.0. The highest BCUT2D eigenvalue weighted by Crippen LogP contribution is 2.44. The highest BCUT2D eigenvalue weighted by atomic mass is 28.3. The fourth-order valence-electron chi connectivity index (χ4n) is 6.18. The molecule has 0 saturated carbocycles. The Bertz CT molecular complexity index is 1580. The topological polar surface area (TPSA) is 120 Å². The minimum atomic E-state index is -1.77. The number of aryl methyl sites for hydroxylation is 1. The molecule has 2 aromatic rings. The van der Waals surface area contributed by atoms with Crippen molar-refractivity contribution >= 4 is 37.6 Å². The summed E-state index contributed by atoms with van der Waals surface area (Å²) < 4.78 is 5.24. The Kier molecular flexibility index (Phi) is 7.06. The maximum atomic E-state index is 13.7. The van der Waals surface area contributed by atoms with Gasteiger partial charge in [0.15, 0.2) is 5.60 Å². The number of nitrogens with zero attached hydrogens (tertiary/aromatic N) is 1. The first-order valence-electron chi connectivity index (χ1n) is 14.5. The van der Waals surface area contributed by atoms with E-state index in [0.717, 1.165) is 29.5 Å². The summed E-state index contributed by atoms with van der Waals surface area (Å²) >= 11 is 0. The van der Waals surface area contributed by atoms with Gasteiger partial charge in [0.25, 0.3) is 0 Å². The van der Waals surface area contributed by atoms with Crippen LogP contribution in [0.5, 0.6) is 0 Å². The first-order chi connectivity index (χ1) is 20.1. The summed E-state index contributed by atoms with van der Waals surface area (Å²) in [5.41, 5.74) is 4.65. The van der Waals surface area contributed by atoms with E-state index in [9.17, 15) is 19.5 Å². The van der Waals surface area contributed by atoms with Gasteiger partial charge in [0.1, 0.15) is 18.1 Å². The highest BCUT2D eigenvalue weighted by Gasteiger charge is 2.51. The fourth-order valence-corrected chi connectivity index (χ4v) is 7.94. The van der Waals surface area contributed by atoms with Gasteiger partial charge in [0.05, 0.1) is 14.6 Å². The maximum Gasteiger partial charge on any atom is 0.342 e. The summed E-state index contributed by atoms with van der Waals surface area (Å²) in [7, 11) is -1.77. The molecule has 0 radical (unpaired) electrons. The molecule has 1 atom stereocenters. The van der Waals surface area contributed by atoms with Gasteiger partial charge in [-0.3, -0.25) is 4.79 Å². The number of rotatable bonds is 7. The van der Waals surface area contributed by atoms with Crippen LogP contribution in [0.15, 0.2) is 76.9 Å². The molecule has 3 aliphatic heterocycles. The highest BCUT2D eigenvalue weighted by molar-refractivity contribution is 6.77. The normalized spacial score (nSPS) is 21.0. The van der Waals surface area contributed by atoms with Crippen LogP contribution < -0.4 is 16.0 Å². The number of nitrogens with one attached hydrogen (secondary N) is 3. The van der Waals surface area contributed by atoms with Crippen LogP contribution in [0, 0.1) is 0 Å². The molecule has 10 heteroatoms. The van der Waals surface area contributed by atoms with Crippen LogP contribution in [-0.2, 0) is 27.3 Å². The van der Waals surface area contributed by atoms with E-state index in [1.54, 1.807) is 6.92 Å². The zero-order valence-electron chi connectivity index (χ0n) is 24.2. The summed E-state index contributed by atoms with van der Waals surface area (Å²) in [5, 5.41) is 20.4. The third-order valence-electron chi connectivity index (χ3n) is 8.78. The number of amides is 2. The Balaban J connectivity index is 1.15. The lowest BCUT2D eigenvalue weighted by molar-refractivity contribution is -0.163. The number of cyclic esters (lactones) is 1. The zero-order chi connectivity index (χ0) is 29.6. The number of ketones is 1. The van der Waals surface area contributed by atoms with Gasteiger partial charge in [-0.15, -0.1) is 0 Å². The lowest BCUT2D eigenvalue weighted by atomic mass is 9.78. The van der Waals surface area contributed by atoms with Crippen molar-refractivity contribution in [1.29, 1.82) is 0 Å². The Hall–Kier alpha value is -4.15. The van der Waals surface area contributed by atoms with Gasteiger partial charge < -0.3 is 30.7 Å². The second kappa shape index (κ2) is 10.6. The molecule has 9 nitrogen and oxygen atoms in total. The molecule has 6 rings (SSSR count). The molecule has 42 heavy (non-hydrogen) atoms. The Morgan fingerprint density at radius 2 is 1.93 bits per heavy atom. The van der Waals surface area contributed by atoms with E-state index in [-0.39, 0.29) is 24.8 Å². The number of hydrogen-bond acceptors (Lipinski definition) is 7. The van der Waals surface area contributed by atoms with Gasteiger partial charge in [-0.2, -0.15) is 0 Å². The molecule has 1 unspecified atom stereocenters. The van der Waals surface area contributed by atoms with E-state index in [1.807, 2.05) is 35.2 Å². The number of carbonyl (C=O) groups excluding carboxylic acids is 3. The molecule has 0 spiro atoms. The average molecular weight is 585 g/mol. The molecule has 1 aliphatic carbocycles. The van der Waals surface area contributed by atoms with Gasteiger partial charge >= 0.3 is 12.0 Å². The van der Waals surface area contributed by atoms with Gasteiger partial charge in [0, 0.05) is 29.5 Å². The van der Waals surface area contributed by atoms with Crippen molar-refractivity contribution in [1.82, 2.24) is 15.5 Å². The number of benzene rings is 2. The van der Waals surface area contributed by atoms with Crippen molar-refractivity contribution < 1.29 is 24.2 Å². The molecule has 4 aliphatic rings. The van der Waals surface area contributed by atoms with Crippen molar-refractivity contribution in [3.8, 4) is 0 Å². The summed E-state index contributed by atoms with van der Waals surface area (Å²) in [6.45, 7) is 6.72. The Labute approximate surface area is 246 Å². The van der Waals surface area contributed by atoms with Crippen LogP contribution >= 0.6 is 0 Å². The van der Waals surface area contributed by atoms with Crippen LogP contribution in [0.1, 0.15) is 36.5 Å². The van der Waals surface area contributed by atoms with E-state index >= 15 is 0 Å². The molecule has 4 N–H and O–H groups in total. The number of para-hydroxylation sites is 1. The minimum absolute atomic E-state index is 0.113. The van der Waals surface area contributed by atoms with Crippen LogP contribution in [0.25, 0.3) is 6.08 Å². The van der Waals surface area contributed by atoms with Crippen LogP contribution in [0.4, 0.5) is 10.5 Å². The second-order valence-corrected chi connectivity index (χ2v) is 17.3. The van der Waals surface area contributed by atoms with Crippen molar-refractivity contribution in [2.24, 2.45) is 0 Å². The predicted octanol–water partition coefficient (Wildman–Crippen LogP) is 4.19. The largest absolute Gasteiger partial charge is 0.458 e. The zero-order valence-corrected chi connectivity index (χ0v) is 25.2. The number of ether oxygens (including phenoxy) is 1. The molecule has 2 amide bonds. The molecular formula is C32H36N4O5Si. The van der Waals surface area contributed by atoms with Crippen LogP contribution in [0.2, 0.25) is 19.1 Å². The molecular weight excluding hydrogens is 548 g/mol. The standard InChI is InChI=1S/C32H36N4O5Si/c1-4-32(40)25-16-26-28(29(37)24(25)18-41-30(32)38)36-17-23-20(9-8-10-21(23)15-27(36)35-26)13-14-42(2,3)19-33-31(39)34-22-11-6-5-7-12-22/h5-12,15,35,40H,4,13-14,16-19H2,1-3H3,(H2,33,34,39). The van der Waals surface area contributed by atoms with Crippen LogP contribution in [0.3, 0.4) is 0 Å². The lowest BCUT2D eigenvalue weighted by Crippen LogP contribution is -2.48. The lowest BCUT2D eigenvalue weighted by Gasteiger charge is -2.36. The maximum absolute atomic E-state index is 13.7. The van der Waals surface area contributed by atoms with Crippen LogP contribution in [-0.4, -0.2) is 54.2 Å². The number of urea groups is 1. The second-order valence-electron chi connectivity index (χ2n) is 12.1. The van der Waals surface area contributed by atoms with E-state index in [2.05, 4.69) is 53.3 Å². The van der Waals surface area contributed by atoms with Crippen molar-refractivity contribution in [2.75, 3.05) is 18.1 Å². The first-order valence-corrected chi connectivity index (χ1v) is 17.9. The number of carbonyl (C=O) groups is 3. The predicted molar refractivity (Wildman–Crippen MR) is 162 cm³/mol. The molecule has 0 bridgehead atoms. The SMILES string of the molecule is CCC1(O)C(=O)OCC2=C1CC1=C(C2=O)N2Cc3c(cccc3CC[Si](C)(C)CNC(=O)Nc3ccccc3)C=C2N1. The number of hydrogen-bond donors (Lipinski definition) is 4. The number of aliphatic hydroxyl groups is 1. The summed E-state index contributed by atoms with van der Waals surface area (Å²) in [6.07, 6.45) is 4.06. The third-order valence-corrected chi connectivity index (χ3v) is 11.5. The van der Waals surface area contributed by atoms with Gasteiger partial charge in [-0.25, -0.2) is 9.59 Å². The van der Waals surface area contributed by atoms with Gasteiger partial charge in [0.2, 0.25) is 5.78 Å². The van der Waals surface area contributed by atoms with E-state index in [4.69, 9.17) is 4.74 Å². The smallest absolute Gasteiger partial charge is 0.342 e. The average Bonchev–Trinajstić information content (AvgIpc) is 3.34. The minimum Gasteiger partial charge on any atom is -0.458 e. The number of anilines is 1. The monoisotopic (exact) mass is 584 g/mol. The van der Waals surface area contributed by atoms with Crippen molar-refractivity contribution in [2.45, 2.75) is 57.5 Å². The quantitative estimate of drug-likeness (QED) is 0.285. The summed E-state index contributed by atoms with van der Waals surface area (Å²) in [4.78, 5) is 40.6.